The third-order valence-corrected chi connectivity index (χ3v) is 5.57. The Labute approximate surface area is 174 Å². The summed E-state index contributed by atoms with van der Waals surface area (Å²) in [7, 11) is 0. The van der Waals surface area contributed by atoms with Crippen LogP contribution >= 0.6 is 0 Å². The molecule has 0 heterocycles. The highest BCUT2D eigenvalue weighted by molar-refractivity contribution is 5.08. The molecule has 0 spiro atoms. The number of unbranched alkanes of at least 4 members (excludes halogenated alkanes) is 6. The maximum atomic E-state index is 9.68. The Morgan fingerprint density at radius 1 is 0.679 bits per heavy atom. The number of nitriles is 2. The molecule has 4 atom stereocenters. The molecule has 4 nitrogen and oxygen atoms in total. The number of nitrogens with zero attached hydrogens (tertiary/aromatic N) is 4. The molecular formula is C24H44N4. The van der Waals surface area contributed by atoms with Crippen molar-refractivity contribution in [2.45, 2.75) is 130 Å². The summed E-state index contributed by atoms with van der Waals surface area (Å²) in [4.78, 5) is 0. The molecule has 0 radical (unpaired) electrons. The largest absolute Gasteiger partial charge is 0.196 e. The van der Waals surface area contributed by atoms with E-state index in [-0.39, 0.29) is 0 Å². The van der Waals surface area contributed by atoms with Crippen LogP contribution in [0.2, 0.25) is 0 Å². The van der Waals surface area contributed by atoms with Gasteiger partial charge < -0.3 is 0 Å². The van der Waals surface area contributed by atoms with Gasteiger partial charge in [0.05, 0.1) is 12.1 Å². The maximum absolute atomic E-state index is 9.68. The van der Waals surface area contributed by atoms with Crippen LogP contribution in [0, 0.1) is 34.5 Å². The minimum atomic E-state index is -0.841. The van der Waals surface area contributed by atoms with Crippen LogP contribution in [0.3, 0.4) is 0 Å². The minimum Gasteiger partial charge on any atom is -0.196 e. The first-order chi connectivity index (χ1) is 13.2. The molecule has 0 saturated carbocycles. The molecule has 4 heteroatoms. The molecule has 0 bridgehead atoms. The van der Waals surface area contributed by atoms with Crippen LogP contribution in [-0.2, 0) is 0 Å². The molecule has 4 unspecified atom stereocenters. The number of hydrogen-bond donors (Lipinski definition) is 0. The van der Waals surface area contributed by atoms with Gasteiger partial charge in [-0.3, -0.25) is 0 Å². The van der Waals surface area contributed by atoms with Gasteiger partial charge in [-0.15, -0.1) is 0 Å². The highest BCUT2D eigenvalue weighted by atomic mass is 15.2. The second kappa shape index (κ2) is 14.6. The zero-order chi connectivity index (χ0) is 21.5. The lowest BCUT2D eigenvalue weighted by atomic mass is 9.87. The molecule has 0 aromatic rings. The van der Waals surface area contributed by atoms with Gasteiger partial charge in [0.25, 0.3) is 0 Å². The van der Waals surface area contributed by atoms with Gasteiger partial charge in [-0.05, 0) is 38.5 Å². The highest BCUT2D eigenvalue weighted by Gasteiger charge is 2.30. The van der Waals surface area contributed by atoms with Crippen molar-refractivity contribution in [3.05, 3.63) is 0 Å². The number of hydrogen-bond acceptors (Lipinski definition) is 4. The zero-order valence-electron chi connectivity index (χ0n) is 19.4. The van der Waals surface area contributed by atoms with Crippen LogP contribution in [0.15, 0.2) is 10.2 Å². The summed E-state index contributed by atoms with van der Waals surface area (Å²) in [6.07, 6.45) is 13.6. The van der Waals surface area contributed by atoms with Gasteiger partial charge in [0.15, 0.2) is 11.1 Å². The number of azo groups is 1. The van der Waals surface area contributed by atoms with E-state index < -0.39 is 11.1 Å². The Morgan fingerprint density at radius 3 is 1.32 bits per heavy atom. The van der Waals surface area contributed by atoms with Crippen LogP contribution in [0.25, 0.3) is 0 Å². The van der Waals surface area contributed by atoms with E-state index >= 15 is 0 Å². The fraction of sp³-hybridized carbons (Fsp3) is 0.917. The summed E-state index contributed by atoms with van der Waals surface area (Å²) in [5, 5.41) is 28.2. The van der Waals surface area contributed by atoms with Crippen LogP contribution in [0.1, 0.15) is 119 Å². The molecule has 0 aromatic carbocycles. The molecule has 0 saturated heterocycles. The molecule has 0 aliphatic heterocycles. The summed E-state index contributed by atoms with van der Waals surface area (Å²) in [5.74, 6) is 0.873. The second-order valence-electron chi connectivity index (χ2n) is 9.29. The first-order valence-electron chi connectivity index (χ1n) is 11.5. The van der Waals surface area contributed by atoms with E-state index in [1.54, 1.807) is 0 Å². The average Bonchev–Trinajstić information content (AvgIpc) is 2.67. The Hall–Kier alpha value is -1.42. The minimum absolute atomic E-state index is 0.436. The average molecular weight is 389 g/mol. The molecule has 160 valence electrons. The standard InChI is InChI=1S/C24H44N4/c1-7-9-11-13-15-21(3)17-23(5,19-25)27-28-24(6,20-26)18-22(4)16-14-12-10-8-2/h21-22H,7-18H2,1-6H3/b28-27+. The molecule has 0 rings (SSSR count). The molecule has 0 fully saturated rings. The van der Waals surface area contributed by atoms with E-state index in [9.17, 15) is 10.5 Å². The van der Waals surface area contributed by atoms with Crippen molar-refractivity contribution in [3.8, 4) is 12.1 Å². The van der Waals surface area contributed by atoms with Gasteiger partial charge in [-0.1, -0.05) is 91.9 Å². The molecular weight excluding hydrogens is 344 g/mol. The van der Waals surface area contributed by atoms with Crippen molar-refractivity contribution in [2.24, 2.45) is 22.1 Å². The van der Waals surface area contributed by atoms with E-state index in [1.165, 1.54) is 51.4 Å². The van der Waals surface area contributed by atoms with Crippen LogP contribution in [0.4, 0.5) is 0 Å². The van der Waals surface area contributed by atoms with E-state index in [0.717, 1.165) is 12.8 Å². The number of rotatable bonds is 16. The summed E-state index contributed by atoms with van der Waals surface area (Å²) < 4.78 is 0. The topological polar surface area (TPSA) is 72.3 Å². The lowest BCUT2D eigenvalue weighted by molar-refractivity contribution is 0.344. The van der Waals surface area contributed by atoms with Crippen molar-refractivity contribution >= 4 is 0 Å². The van der Waals surface area contributed by atoms with Crippen molar-refractivity contribution in [1.82, 2.24) is 0 Å². The van der Waals surface area contributed by atoms with Crippen LogP contribution in [-0.4, -0.2) is 11.1 Å². The molecule has 0 amide bonds. The fourth-order valence-electron chi connectivity index (χ4n) is 3.84. The van der Waals surface area contributed by atoms with Crippen molar-refractivity contribution < 1.29 is 0 Å². The summed E-state index contributed by atoms with van der Waals surface area (Å²) in [6.45, 7) is 12.5. The predicted octanol–water partition coefficient (Wildman–Crippen LogP) is 8.00. The lowest BCUT2D eigenvalue weighted by Crippen LogP contribution is -2.27. The van der Waals surface area contributed by atoms with Crippen LogP contribution < -0.4 is 0 Å². The Bertz CT molecular complexity index is 470. The summed E-state index contributed by atoms with van der Waals surface area (Å²) >= 11 is 0. The Morgan fingerprint density at radius 2 is 1.04 bits per heavy atom. The first kappa shape index (κ1) is 26.6. The monoisotopic (exact) mass is 388 g/mol. The van der Waals surface area contributed by atoms with Gasteiger partial charge in [0, 0.05) is 0 Å². The van der Waals surface area contributed by atoms with E-state index in [4.69, 9.17) is 0 Å². The van der Waals surface area contributed by atoms with Gasteiger partial charge in [-0.2, -0.15) is 20.8 Å². The van der Waals surface area contributed by atoms with Gasteiger partial charge in [-0.25, -0.2) is 0 Å². The normalized spacial score (nSPS) is 18.0. The Balaban J connectivity index is 4.74. The second-order valence-corrected chi connectivity index (χ2v) is 9.29. The third kappa shape index (κ3) is 12.1. The fourth-order valence-corrected chi connectivity index (χ4v) is 3.84. The molecule has 0 aromatic heterocycles. The SMILES string of the molecule is CCCCCCC(C)CC(C)(C#N)/N=N/C(C)(C#N)CC(C)CCCCCC. The first-order valence-corrected chi connectivity index (χ1v) is 11.5. The lowest BCUT2D eigenvalue weighted by Gasteiger charge is -2.24. The highest BCUT2D eigenvalue weighted by Crippen LogP contribution is 2.29. The molecule has 28 heavy (non-hydrogen) atoms. The molecule has 0 aliphatic rings. The van der Waals surface area contributed by atoms with Crippen molar-refractivity contribution in [1.29, 1.82) is 10.5 Å². The Kier molecular flexibility index (Phi) is 13.8. The summed E-state index contributed by atoms with van der Waals surface area (Å²) in [5.41, 5.74) is -1.68. The van der Waals surface area contributed by atoms with Crippen molar-refractivity contribution in [2.75, 3.05) is 0 Å². The van der Waals surface area contributed by atoms with E-state index in [2.05, 4.69) is 50.1 Å². The molecule has 0 N–H and O–H groups in total. The van der Waals surface area contributed by atoms with E-state index in [1.807, 2.05) is 13.8 Å². The molecule has 0 aliphatic carbocycles. The van der Waals surface area contributed by atoms with Gasteiger partial charge in [0.2, 0.25) is 0 Å². The quantitative estimate of drug-likeness (QED) is 0.198. The van der Waals surface area contributed by atoms with Crippen molar-refractivity contribution in [3.63, 3.8) is 0 Å². The van der Waals surface area contributed by atoms with E-state index in [0.29, 0.717) is 24.7 Å². The smallest absolute Gasteiger partial charge is 0.165 e. The van der Waals surface area contributed by atoms with Gasteiger partial charge >= 0.3 is 0 Å². The maximum Gasteiger partial charge on any atom is 0.165 e. The van der Waals surface area contributed by atoms with Crippen LogP contribution in [0.5, 0.6) is 0 Å². The zero-order valence-corrected chi connectivity index (χ0v) is 19.4. The predicted molar refractivity (Wildman–Crippen MR) is 118 cm³/mol. The summed E-state index contributed by atoms with van der Waals surface area (Å²) in [6, 6.07) is 4.68. The third-order valence-electron chi connectivity index (χ3n) is 5.57. The van der Waals surface area contributed by atoms with Gasteiger partial charge in [0.1, 0.15) is 0 Å².